The average Bonchev–Trinajstić information content (AvgIpc) is 2.58. The Morgan fingerprint density at radius 1 is 1.28 bits per heavy atom. The van der Waals surface area contributed by atoms with Gasteiger partial charge in [-0.25, -0.2) is 9.78 Å². The Labute approximate surface area is 142 Å². The Hall–Kier alpha value is -3.21. The summed E-state index contributed by atoms with van der Waals surface area (Å²) in [5, 5.41) is 2.38. The van der Waals surface area contributed by atoms with E-state index in [9.17, 15) is 18.0 Å². The van der Waals surface area contributed by atoms with Gasteiger partial charge in [0.25, 0.3) is 0 Å². The number of anilines is 1. The molecule has 0 atom stereocenters. The number of carbonyl (C=O) groups excluding carboxylic acids is 1. The maximum Gasteiger partial charge on any atom is 0.419 e. The van der Waals surface area contributed by atoms with Crippen molar-refractivity contribution in [1.29, 1.82) is 0 Å². The molecule has 0 aliphatic carbocycles. The molecular weight excluding hydrogens is 335 g/mol. The Morgan fingerprint density at radius 2 is 2.00 bits per heavy atom. The van der Waals surface area contributed by atoms with Crippen molar-refractivity contribution in [2.24, 2.45) is 0 Å². The van der Waals surface area contributed by atoms with Crippen LogP contribution in [0.25, 0.3) is 0 Å². The summed E-state index contributed by atoms with van der Waals surface area (Å²) in [7, 11) is 0. The third-order valence-electron chi connectivity index (χ3n) is 2.99. The number of ether oxygens (including phenoxy) is 1. The van der Waals surface area contributed by atoms with E-state index in [1.165, 1.54) is 0 Å². The number of nitrogens with zero attached hydrogens (tertiary/aromatic N) is 1. The van der Waals surface area contributed by atoms with Gasteiger partial charge >= 0.3 is 12.3 Å². The van der Waals surface area contributed by atoms with Crippen LogP contribution in [0, 0.1) is 11.8 Å². The van der Waals surface area contributed by atoms with Gasteiger partial charge in [0.1, 0.15) is 12.4 Å². The number of nitrogens with two attached hydrogens (primary N) is 1. The summed E-state index contributed by atoms with van der Waals surface area (Å²) in [6.45, 7) is 0.0241. The van der Waals surface area contributed by atoms with E-state index in [0.717, 1.165) is 17.8 Å². The standard InChI is InChI=1S/C17H14F3N3O2/c18-17(19,20)14-9-13(10-23-15(14)21)7-4-8-22-16(24)25-11-12-5-2-1-3-6-12/h1-3,5-6,9-10H,8,11H2,(H2,21,23)(H,22,24). The van der Waals surface area contributed by atoms with E-state index < -0.39 is 23.7 Å². The van der Waals surface area contributed by atoms with E-state index in [1.807, 2.05) is 18.2 Å². The minimum absolute atomic E-state index is 0.0426. The van der Waals surface area contributed by atoms with Crippen LogP contribution in [0.1, 0.15) is 16.7 Å². The molecule has 5 nitrogen and oxygen atoms in total. The molecule has 1 aromatic heterocycles. The number of alkyl halides is 3. The number of hydrogen-bond donors (Lipinski definition) is 2. The summed E-state index contributed by atoms with van der Waals surface area (Å²) in [5.74, 6) is 4.38. The highest BCUT2D eigenvalue weighted by molar-refractivity contribution is 5.67. The molecule has 0 bridgehead atoms. The fraction of sp³-hybridized carbons (Fsp3) is 0.176. The van der Waals surface area contributed by atoms with Gasteiger partial charge in [-0.2, -0.15) is 13.2 Å². The lowest BCUT2D eigenvalue weighted by Crippen LogP contribution is -2.24. The van der Waals surface area contributed by atoms with Crippen molar-refractivity contribution in [3.63, 3.8) is 0 Å². The quantitative estimate of drug-likeness (QED) is 0.835. The van der Waals surface area contributed by atoms with Gasteiger partial charge in [-0.05, 0) is 11.6 Å². The molecule has 0 aliphatic heterocycles. The molecule has 1 amide bonds. The molecule has 1 aromatic carbocycles. The number of pyridine rings is 1. The number of nitrogens with one attached hydrogen (secondary N) is 1. The molecular formula is C17H14F3N3O2. The van der Waals surface area contributed by atoms with Crippen LogP contribution < -0.4 is 11.1 Å². The molecule has 25 heavy (non-hydrogen) atoms. The average molecular weight is 349 g/mol. The van der Waals surface area contributed by atoms with E-state index in [4.69, 9.17) is 10.5 Å². The Kier molecular flexibility index (Phi) is 5.84. The monoisotopic (exact) mass is 349 g/mol. The zero-order chi connectivity index (χ0) is 18.3. The first kappa shape index (κ1) is 18.1. The van der Waals surface area contributed by atoms with Gasteiger partial charge in [0.05, 0.1) is 12.1 Å². The highest BCUT2D eigenvalue weighted by Crippen LogP contribution is 2.32. The number of aromatic nitrogens is 1. The maximum absolute atomic E-state index is 12.7. The predicted molar refractivity (Wildman–Crippen MR) is 85.2 cm³/mol. The maximum atomic E-state index is 12.7. The second-order valence-corrected chi connectivity index (χ2v) is 4.87. The van der Waals surface area contributed by atoms with Gasteiger partial charge in [-0.1, -0.05) is 42.2 Å². The molecule has 3 N–H and O–H groups in total. The molecule has 0 spiro atoms. The van der Waals surface area contributed by atoms with E-state index in [-0.39, 0.29) is 18.7 Å². The second-order valence-electron chi connectivity index (χ2n) is 4.87. The summed E-state index contributed by atoms with van der Waals surface area (Å²) in [4.78, 5) is 14.9. The lowest BCUT2D eigenvalue weighted by molar-refractivity contribution is -0.137. The van der Waals surface area contributed by atoms with Crippen molar-refractivity contribution in [1.82, 2.24) is 10.3 Å². The number of benzene rings is 1. The van der Waals surface area contributed by atoms with Crippen LogP contribution in [0.2, 0.25) is 0 Å². The highest BCUT2D eigenvalue weighted by Gasteiger charge is 2.33. The van der Waals surface area contributed by atoms with Gasteiger partial charge in [0, 0.05) is 11.8 Å². The summed E-state index contributed by atoms with van der Waals surface area (Å²) < 4.78 is 43.1. The minimum atomic E-state index is -4.60. The summed E-state index contributed by atoms with van der Waals surface area (Å²) in [6, 6.07) is 9.90. The van der Waals surface area contributed by atoms with Crippen molar-refractivity contribution in [3.05, 3.63) is 59.3 Å². The number of rotatable bonds is 3. The van der Waals surface area contributed by atoms with Crippen LogP contribution in [0.4, 0.5) is 23.8 Å². The number of carbonyl (C=O) groups is 1. The summed E-state index contributed by atoms with van der Waals surface area (Å²) >= 11 is 0. The van der Waals surface area contributed by atoms with Gasteiger partial charge in [0.15, 0.2) is 0 Å². The third-order valence-corrected chi connectivity index (χ3v) is 2.99. The zero-order valence-corrected chi connectivity index (χ0v) is 12.9. The van der Waals surface area contributed by atoms with E-state index in [2.05, 4.69) is 22.1 Å². The summed E-state index contributed by atoms with van der Waals surface area (Å²) in [6.07, 6.45) is -4.15. The fourth-order valence-electron chi connectivity index (χ4n) is 1.81. The van der Waals surface area contributed by atoms with E-state index in [0.29, 0.717) is 0 Å². The predicted octanol–water partition coefficient (Wildman–Crippen LogP) is 2.96. The van der Waals surface area contributed by atoms with Crippen molar-refractivity contribution < 1.29 is 22.7 Å². The molecule has 0 radical (unpaired) electrons. The molecule has 0 saturated heterocycles. The Bertz CT molecular complexity index is 796. The van der Waals surface area contributed by atoms with Crippen LogP contribution in [0.15, 0.2) is 42.6 Å². The van der Waals surface area contributed by atoms with Crippen LogP contribution in [-0.2, 0) is 17.5 Å². The molecule has 2 rings (SSSR count). The Balaban J connectivity index is 1.85. The Morgan fingerprint density at radius 3 is 2.68 bits per heavy atom. The van der Waals surface area contributed by atoms with Crippen LogP contribution in [0.5, 0.6) is 0 Å². The van der Waals surface area contributed by atoms with Gasteiger partial charge in [-0.3, -0.25) is 0 Å². The minimum Gasteiger partial charge on any atom is -0.445 e. The van der Waals surface area contributed by atoms with Crippen LogP contribution >= 0.6 is 0 Å². The van der Waals surface area contributed by atoms with E-state index in [1.54, 1.807) is 12.1 Å². The van der Waals surface area contributed by atoms with Gasteiger partial charge < -0.3 is 15.8 Å². The largest absolute Gasteiger partial charge is 0.445 e. The third kappa shape index (κ3) is 5.73. The smallest absolute Gasteiger partial charge is 0.419 e. The first-order valence-electron chi connectivity index (χ1n) is 7.12. The number of alkyl carbamates (subject to hydrolysis) is 1. The summed E-state index contributed by atoms with van der Waals surface area (Å²) in [5.41, 5.74) is 5.02. The number of halogens is 3. The molecule has 0 aliphatic rings. The van der Waals surface area contributed by atoms with Crippen LogP contribution in [0.3, 0.4) is 0 Å². The topological polar surface area (TPSA) is 77.2 Å². The molecule has 0 saturated carbocycles. The van der Waals surface area contributed by atoms with Crippen molar-refractivity contribution >= 4 is 11.9 Å². The first-order chi connectivity index (χ1) is 11.9. The fourth-order valence-corrected chi connectivity index (χ4v) is 1.81. The highest BCUT2D eigenvalue weighted by atomic mass is 19.4. The molecule has 130 valence electrons. The number of amides is 1. The molecule has 8 heteroatoms. The van der Waals surface area contributed by atoms with Crippen LogP contribution in [-0.4, -0.2) is 17.6 Å². The normalized spacial score (nSPS) is 10.5. The number of hydrogen-bond acceptors (Lipinski definition) is 4. The molecule has 1 heterocycles. The van der Waals surface area contributed by atoms with Crippen molar-refractivity contribution in [2.75, 3.05) is 12.3 Å². The zero-order valence-electron chi connectivity index (χ0n) is 12.9. The van der Waals surface area contributed by atoms with Crippen molar-refractivity contribution in [2.45, 2.75) is 12.8 Å². The molecule has 0 unspecified atom stereocenters. The SMILES string of the molecule is Nc1ncc(C#CCNC(=O)OCc2ccccc2)cc1C(F)(F)F. The lowest BCUT2D eigenvalue weighted by Gasteiger charge is -2.08. The van der Waals surface area contributed by atoms with Crippen molar-refractivity contribution in [3.8, 4) is 11.8 Å². The van der Waals surface area contributed by atoms with Gasteiger partial charge in [0.2, 0.25) is 0 Å². The lowest BCUT2D eigenvalue weighted by atomic mass is 10.2. The van der Waals surface area contributed by atoms with E-state index >= 15 is 0 Å². The first-order valence-corrected chi connectivity index (χ1v) is 7.12. The molecule has 2 aromatic rings. The van der Waals surface area contributed by atoms with Gasteiger partial charge in [-0.15, -0.1) is 0 Å². The number of nitrogen functional groups attached to an aromatic ring is 1. The molecule has 0 fully saturated rings. The second kappa shape index (κ2) is 8.06.